The molecule has 0 heterocycles. The fourth-order valence-corrected chi connectivity index (χ4v) is 1.08. The third-order valence-electron chi connectivity index (χ3n) is 2.12. The van der Waals surface area contributed by atoms with Gasteiger partial charge in [-0.05, 0) is 6.42 Å². The number of rotatable bonds is 5. The number of Topliss-reactive ketones (excluding diaryl/α,β-unsaturated/α-hetero) is 1. The number of nitrogens with zero attached hydrogens (tertiary/aromatic N) is 1. The Morgan fingerprint density at radius 3 is 2.42 bits per heavy atom. The van der Waals surface area contributed by atoms with Crippen molar-refractivity contribution in [3.63, 3.8) is 0 Å². The van der Waals surface area contributed by atoms with Gasteiger partial charge in [0.25, 0.3) is 0 Å². The molecule has 0 fully saturated rings. The summed E-state index contributed by atoms with van der Waals surface area (Å²) in [5, 5.41) is 8.43. The lowest BCUT2D eigenvalue weighted by atomic mass is 9.83. The summed E-state index contributed by atoms with van der Waals surface area (Å²) in [6.45, 7) is 5.81. The standard InChI is InChI=1S/C10H17NO/c1-4-5-6-7-10(2,3)9(12)8-11/h4-7H2,1-3H3. The molecular formula is C10H17NO. The van der Waals surface area contributed by atoms with Crippen molar-refractivity contribution in [3.05, 3.63) is 0 Å². The zero-order valence-electron chi connectivity index (χ0n) is 8.18. The zero-order valence-corrected chi connectivity index (χ0v) is 8.18. The van der Waals surface area contributed by atoms with Gasteiger partial charge in [-0.1, -0.05) is 40.0 Å². The fourth-order valence-electron chi connectivity index (χ4n) is 1.08. The Morgan fingerprint density at radius 2 is 2.00 bits per heavy atom. The molecule has 0 aliphatic carbocycles. The van der Waals surface area contributed by atoms with Gasteiger partial charge in [-0.3, -0.25) is 4.79 Å². The molecule has 0 bridgehead atoms. The molecule has 68 valence electrons. The van der Waals surface area contributed by atoms with Gasteiger partial charge in [-0.15, -0.1) is 0 Å². The lowest BCUT2D eigenvalue weighted by molar-refractivity contribution is -0.121. The molecule has 0 aromatic rings. The summed E-state index contributed by atoms with van der Waals surface area (Å²) in [5.41, 5.74) is -0.441. The monoisotopic (exact) mass is 167 g/mol. The van der Waals surface area contributed by atoms with E-state index in [1.165, 1.54) is 0 Å². The Morgan fingerprint density at radius 1 is 1.42 bits per heavy atom. The third-order valence-corrected chi connectivity index (χ3v) is 2.12. The largest absolute Gasteiger partial charge is 0.282 e. The molecule has 0 aromatic carbocycles. The topological polar surface area (TPSA) is 40.9 Å². The second kappa shape index (κ2) is 4.92. The highest BCUT2D eigenvalue weighted by atomic mass is 16.1. The number of hydrogen-bond donors (Lipinski definition) is 0. The van der Waals surface area contributed by atoms with Gasteiger partial charge >= 0.3 is 0 Å². The van der Waals surface area contributed by atoms with Crippen molar-refractivity contribution in [1.29, 1.82) is 5.26 Å². The lowest BCUT2D eigenvalue weighted by Gasteiger charge is -2.18. The molecule has 0 radical (unpaired) electrons. The van der Waals surface area contributed by atoms with Gasteiger partial charge in [0.15, 0.2) is 0 Å². The maximum absolute atomic E-state index is 11.1. The molecule has 0 unspecified atom stereocenters. The van der Waals surface area contributed by atoms with Crippen LogP contribution in [-0.4, -0.2) is 5.78 Å². The van der Waals surface area contributed by atoms with Crippen molar-refractivity contribution < 1.29 is 4.79 Å². The molecule has 0 rings (SSSR count). The van der Waals surface area contributed by atoms with E-state index in [0.29, 0.717) is 0 Å². The smallest absolute Gasteiger partial charge is 0.237 e. The lowest BCUT2D eigenvalue weighted by Crippen LogP contribution is -2.22. The summed E-state index contributed by atoms with van der Waals surface area (Å²) in [4.78, 5) is 11.1. The second-order valence-electron chi connectivity index (χ2n) is 3.78. The highest BCUT2D eigenvalue weighted by Gasteiger charge is 2.26. The molecule has 12 heavy (non-hydrogen) atoms. The summed E-state index contributed by atoms with van der Waals surface area (Å²) in [6, 6.07) is 1.69. The van der Waals surface area contributed by atoms with Crippen molar-refractivity contribution in [2.45, 2.75) is 46.5 Å². The third kappa shape index (κ3) is 3.52. The second-order valence-corrected chi connectivity index (χ2v) is 3.78. The molecule has 2 heteroatoms. The summed E-state index contributed by atoms with van der Waals surface area (Å²) in [5.74, 6) is -0.293. The number of carbonyl (C=O) groups is 1. The van der Waals surface area contributed by atoms with E-state index < -0.39 is 5.41 Å². The first kappa shape index (κ1) is 11.2. The quantitative estimate of drug-likeness (QED) is 0.466. The number of carbonyl (C=O) groups excluding carboxylic acids is 1. The highest BCUT2D eigenvalue weighted by Crippen LogP contribution is 2.24. The normalized spacial score (nSPS) is 10.8. The van der Waals surface area contributed by atoms with Crippen LogP contribution in [0.25, 0.3) is 0 Å². The molecular weight excluding hydrogens is 150 g/mol. The summed E-state index contributed by atoms with van der Waals surface area (Å²) >= 11 is 0. The van der Waals surface area contributed by atoms with Gasteiger partial charge in [0.2, 0.25) is 5.78 Å². The van der Waals surface area contributed by atoms with E-state index in [1.807, 2.05) is 13.8 Å². The molecule has 0 N–H and O–H groups in total. The minimum atomic E-state index is -0.441. The van der Waals surface area contributed by atoms with E-state index in [0.717, 1.165) is 25.7 Å². The molecule has 0 aromatic heterocycles. The van der Waals surface area contributed by atoms with Crippen LogP contribution in [0.15, 0.2) is 0 Å². The first-order valence-corrected chi connectivity index (χ1v) is 4.49. The van der Waals surface area contributed by atoms with Crippen LogP contribution in [0.5, 0.6) is 0 Å². The van der Waals surface area contributed by atoms with Gasteiger partial charge in [0.1, 0.15) is 6.07 Å². The average molecular weight is 167 g/mol. The van der Waals surface area contributed by atoms with Crippen LogP contribution in [0, 0.1) is 16.7 Å². The Bertz CT molecular complexity index is 189. The van der Waals surface area contributed by atoms with Crippen LogP contribution in [0.4, 0.5) is 0 Å². The molecule has 2 nitrogen and oxygen atoms in total. The van der Waals surface area contributed by atoms with Crippen LogP contribution in [0.3, 0.4) is 0 Å². The average Bonchev–Trinajstić information content (AvgIpc) is 2.03. The van der Waals surface area contributed by atoms with E-state index in [2.05, 4.69) is 6.92 Å². The molecule has 0 aliphatic rings. The molecule has 0 saturated heterocycles. The Kier molecular flexibility index (Phi) is 4.58. The summed E-state index contributed by atoms with van der Waals surface area (Å²) in [6.07, 6.45) is 4.16. The van der Waals surface area contributed by atoms with Crippen LogP contribution in [0.1, 0.15) is 46.5 Å². The summed E-state index contributed by atoms with van der Waals surface area (Å²) < 4.78 is 0. The minimum absolute atomic E-state index is 0.293. The SMILES string of the molecule is CCCCCC(C)(C)C(=O)C#N. The predicted molar refractivity (Wildman–Crippen MR) is 48.5 cm³/mol. The number of nitriles is 1. The van der Waals surface area contributed by atoms with Crippen molar-refractivity contribution in [2.75, 3.05) is 0 Å². The van der Waals surface area contributed by atoms with Crippen LogP contribution < -0.4 is 0 Å². The Balaban J connectivity index is 3.89. The molecule has 0 spiro atoms. The van der Waals surface area contributed by atoms with Crippen LogP contribution in [-0.2, 0) is 4.79 Å². The summed E-state index contributed by atoms with van der Waals surface area (Å²) in [7, 11) is 0. The molecule has 0 saturated carbocycles. The van der Waals surface area contributed by atoms with Crippen molar-refractivity contribution in [3.8, 4) is 6.07 Å². The van der Waals surface area contributed by atoms with Crippen LogP contribution in [0.2, 0.25) is 0 Å². The number of unbranched alkanes of at least 4 members (excludes halogenated alkanes) is 2. The van der Waals surface area contributed by atoms with Crippen molar-refractivity contribution in [1.82, 2.24) is 0 Å². The molecule has 0 aliphatic heterocycles. The maximum atomic E-state index is 11.1. The Labute approximate surface area is 74.6 Å². The minimum Gasteiger partial charge on any atom is -0.282 e. The molecule has 0 amide bonds. The van der Waals surface area contributed by atoms with Gasteiger partial charge in [0.05, 0.1) is 0 Å². The van der Waals surface area contributed by atoms with Crippen molar-refractivity contribution >= 4 is 5.78 Å². The van der Waals surface area contributed by atoms with E-state index in [4.69, 9.17) is 5.26 Å². The van der Waals surface area contributed by atoms with Crippen molar-refractivity contribution in [2.24, 2.45) is 5.41 Å². The van der Waals surface area contributed by atoms with Gasteiger partial charge in [0, 0.05) is 5.41 Å². The molecule has 0 atom stereocenters. The zero-order chi connectivity index (χ0) is 9.61. The van der Waals surface area contributed by atoms with E-state index >= 15 is 0 Å². The number of hydrogen-bond acceptors (Lipinski definition) is 2. The maximum Gasteiger partial charge on any atom is 0.237 e. The van der Waals surface area contributed by atoms with E-state index in [-0.39, 0.29) is 5.78 Å². The predicted octanol–water partition coefficient (Wildman–Crippen LogP) is 2.69. The highest BCUT2D eigenvalue weighted by molar-refractivity contribution is 5.97. The number of ketones is 1. The van der Waals surface area contributed by atoms with Gasteiger partial charge in [-0.25, -0.2) is 0 Å². The van der Waals surface area contributed by atoms with Gasteiger partial charge in [-0.2, -0.15) is 5.26 Å². The Hall–Kier alpha value is -0.840. The van der Waals surface area contributed by atoms with Gasteiger partial charge < -0.3 is 0 Å². The van der Waals surface area contributed by atoms with E-state index in [9.17, 15) is 4.79 Å². The van der Waals surface area contributed by atoms with Crippen LogP contribution >= 0.6 is 0 Å². The van der Waals surface area contributed by atoms with E-state index in [1.54, 1.807) is 6.07 Å². The first-order chi connectivity index (χ1) is 5.54. The first-order valence-electron chi connectivity index (χ1n) is 4.49. The fraction of sp³-hybridized carbons (Fsp3) is 0.800.